The Morgan fingerprint density at radius 2 is 0.774 bits per heavy atom. The average molecular weight is 1190 g/mol. The summed E-state index contributed by atoms with van der Waals surface area (Å²) in [6, 6.07) is -0.825. The molecule has 1 rings (SSSR count). The Balaban J connectivity index is 1.97. The number of nitrogens with one attached hydrogen (secondary N) is 1. The molecular formula is C73H139NO10. The number of unbranched alkanes of at least 4 members (excludes halogenated alkanes) is 49. The first-order chi connectivity index (χ1) is 41.2. The lowest BCUT2D eigenvalue weighted by Gasteiger charge is -2.40. The van der Waals surface area contributed by atoms with Crippen LogP contribution in [0.2, 0.25) is 0 Å². The fraction of sp³-hybridized carbons (Fsp3) is 0.918. The van der Waals surface area contributed by atoms with Crippen molar-refractivity contribution in [1.82, 2.24) is 5.32 Å². The van der Waals surface area contributed by atoms with E-state index >= 15 is 0 Å². The van der Waals surface area contributed by atoms with Crippen molar-refractivity contribution in [3.63, 3.8) is 0 Å². The SMILES string of the molecule is CCCCCCCCCCC/C=C/CC/C=C/C(O)C(COC1OC(CO)C(O)C(O)C1O)NC(=O)CCCCCCCCCCCCCCCCCCCCCCCCCCCCCCCCOC(=O)CCCCCCCCCCCCC. The smallest absolute Gasteiger partial charge is 0.305 e. The predicted octanol–water partition coefficient (Wildman–Crippen LogP) is 18.8. The molecule has 0 radical (unpaired) electrons. The maximum Gasteiger partial charge on any atom is 0.305 e. The molecule has 0 aromatic heterocycles. The monoisotopic (exact) mass is 1190 g/mol. The van der Waals surface area contributed by atoms with E-state index in [-0.39, 0.29) is 18.5 Å². The lowest BCUT2D eigenvalue weighted by atomic mass is 9.99. The van der Waals surface area contributed by atoms with E-state index < -0.39 is 49.5 Å². The number of hydrogen-bond donors (Lipinski definition) is 6. The third-order valence-electron chi connectivity index (χ3n) is 17.6. The molecule has 7 atom stereocenters. The van der Waals surface area contributed by atoms with Gasteiger partial charge in [0.1, 0.15) is 24.4 Å². The van der Waals surface area contributed by atoms with Crippen molar-refractivity contribution in [2.75, 3.05) is 19.8 Å². The number of aliphatic hydroxyl groups excluding tert-OH is 5. The molecule has 7 unspecified atom stereocenters. The van der Waals surface area contributed by atoms with E-state index in [1.165, 1.54) is 289 Å². The number of allylic oxidation sites excluding steroid dienone is 3. The lowest BCUT2D eigenvalue weighted by molar-refractivity contribution is -0.302. The van der Waals surface area contributed by atoms with Crippen molar-refractivity contribution in [3.05, 3.63) is 24.3 Å². The predicted molar refractivity (Wildman–Crippen MR) is 352 cm³/mol. The summed E-state index contributed by atoms with van der Waals surface area (Å²) >= 11 is 0. The number of ether oxygens (including phenoxy) is 3. The van der Waals surface area contributed by atoms with Crippen molar-refractivity contribution in [3.8, 4) is 0 Å². The lowest BCUT2D eigenvalue weighted by Crippen LogP contribution is -2.60. The summed E-state index contributed by atoms with van der Waals surface area (Å²) in [6.07, 6.45) is 68.9. The summed E-state index contributed by atoms with van der Waals surface area (Å²) in [6.45, 7) is 4.37. The van der Waals surface area contributed by atoms with Gasteiger partial charge in [-0.3, -0.25) is 9.59 Å². The maximum absolute atomic E-state index is 13.1. The van der Waals surface area contributed by atoms with Gasteiger partial charge in [0.15, 0.2) is 6.29 Å². The first kappa shape index (κ1) is 80.2. The number of carbonyl (C=O) groups is 2. The molecule has 1 amide bonds. The van der Waals surface area contributed by atoms with Gasteiger partial charge >= 0.3 is 5.97 Å². The van der Waals surface area contributed by atoms with Gasteiger partial charge in [0, 0.05) is 12.8 Å². The molecule has 1 aliphatic rings. The van der Waals surface area contributed by atoms with E-state index in [0.29, 0.717) is 19.4 Å². The fourth-order valence-corrected chi connectivity index (χ4v) is 11.8. The van der Waals surface area contributed by atoms with Gasteiger partial charge in [-0.1, -0.05) is 334 Å². The number of rotatable bonds is 65. The van der Waals surface area contributed by atoms with Gasteiger partial charge in [-0.05, 0) is 44.9 Å². The summed E-state index contributed by atoms with van der Waals surface area (Å²) in [7, 11) is 0. The van der Waals surface area contributed by atoms with Crippen molar-refractivity contribution in [1.29, 1.82) is 0 Å². The number of hydrogen-bond acceptors (Lipinski definition) is 10. The van der Waals surface area contributed by atoms with Crippen LogP contribution in [0.15, 0.2) is 24.3 Å². The summed E-state index contributed by atoms with van der Waals surface area (Å²) in [5.74, 6) is -0.173. The molecule has 84 heavy (non-hydrogen) atoms. The van der Waals surface area contributed by atoms with E-state index in [4.69, 9.17) is 14.2 Å². The van der Waals surface area contributed by atoms with Crippen molar-refractivity contribution < 1.29 is 49.3 Å². The van der Waals surface area contributed by atoms with Crippen molar-refractivity contribution >= 4 is 11.9 Å². The van der Waals surface area contributed by atoms with Gasteiger partial charge in [-0.15, -0.1) is 0 Å². The summed E-state index contributed by atoms with van der Waals surface area (Å²) in [4.78, 5) is 25.1. The molecule has 0 aliphatic carbocycles. The molecule has 1 heterocycles. The number of carbonyl (C=O) groups excluding carboxylic acids is 2. The zero-order valence-electron chi connectivity index (χ0n) is 55.1. The van der Waals surface area contributed by atoms with Crippen LogP contribution in [-0.4, -0.2) is 100 Å². The van der Waals surface area contributed by atoms with E-state index in [0.717, 1.165) is 51.4 Å². The Bertz CT molecular complexity index is 1440. The average Bonchev–Trinajstić information content (AvgIpc) is 3.66. The quantitative estimate of drug-likeness (QED) is 0.0195. The summed E-state index contributed by atoms with van der Waals surface area (Å²) < 4.78 is 16.7. The topological polar surface area (TPSA) is 175 Å². The highest BCUT2D eigenvalue weighted by Gasteiger charge is 2.44. The maximum atomic E-state index is 13.1. The van der Waals surface area contributed by atoms with Gasteiger partial charge in [0.05, 0.1) is 32.0 Å². The Morgan fingerprint density at radius 3 is 1.18 bits per heavy atom. The molecule has 1 fully saturated rings. The Labute approximate surface area is 518 Å². The zero-order valence-corrected chi connectivity index (χ0v) is 55.1. The van der Waals surface area contributed by atoms with Crippen molar-refractivity contribution in [2.24, 2.45) is 0 Å². The van der Waals surface area contributed by atoms with Gasteiger partial charge in [0.2, 0.25) is 5.91 Å². The second-order valence-electron chi connectivity index (χ2n) is 25.7. The molecule has 1 saturated heterocycles. The Morgan fingerprint density at radius 1 is 0.429 bits per heavy atom. The van der Waals surface area contributed by atoms with Gasteiger partial charge in [-0.2, -0.15) is 0 Å². The summed E-state index contributed by atoms with van der Waals surface area (Å²) in [5.41, 5.74) is 0. The van der Waals surface area contributed by atoms with Crippen LogP contribution in [0.5, 0.6) is 0 Å². The van der Waals surface area contributed by atoms with Crippen LogP contribution in [0.1, 0.15) is 367 Å². The zero-order chi connectivity index (χ0) is 60.9. The third kappa shape index (κ3) is 51.1. The standard InChI is InChI=1S/C73H139NO10/c1-3-5-7-9-11-13-15-16-33-36-40-43-47-51-55-59-66(76)65(64-83-73-72(81)71(80)70(79)67(63-75)84-73)74-68(77)60-56-52-48-44-41-37-34-31-29-27-25-23-21-19-17-18-20-22-24-26-28-30-32-35-38-42-46-50-54-58-62-82-69(78)61-57-53-49-45-39-14-12-10-8-6-4-2/h40,43,55,59,65-67,70-73,75-76,79-81H,3-39,41-42,44-54,56-58,60-64H2,1-2H3,(H,74,77)/b43-40+,59-55+. The highest BCUT2D eigenvalue weighted by Crippen LogP contribution is 2.24. The largest absolute Gasteiger partial charge is 0.466 e. The molecule has 0 saturated carbocycles. The minimum absolute atomic E-state index is 0.0119. The molecule has 1 aliphatic heterocycles. The van der Waals surface area contributed by atoms with Crippen LogP contribution in [-0.2, 0) is 23.8 Å². The Hall–Kier alpha value is -1.86. The minimum atomic E-state index is -1.57. The normalized spacial score (nSPS) is 18.1. The van der Waals surface area contributed by atoms with Crippen LogP contribution in [0.25, 0.3) is 0 Å². The second kappa shape index (κ2) is 62.7. The van der Waals surface area contributed by atoms with E-state index in [1.54, 1.807) is 6.08 Å². The van der Waals surface area contributed by atoms with Gasteiger partial charge in [0.25, 0.3) is 0 Å². The fourth-order valence-electron chi connectivity index (χ4n) is 11.8. The molecular weight excluding hydrogens is 1050 g/mol. The van der Waals surface area contributed by atoms with Gasteiger partial charge in [-0.25, -0.2) is 0 Å². The Kier molecular flexibility index (Phi) is 59.9. The molecule has 0 spiro atoms. The molecule has 0 aromatic rings. The first-order valence-electron chi connectivity index (χ1n) is 36.6. The summed E-state index contributed by atoms with van der Waals surface area (Å²) in [5, 5.41) is 54.6. The molecule has 0 bridgehead atoms. The second-order valence-corrected chi connectivity index (χ2v) is 25.7. The minimum Gasteiger partial charge on any atom is -0.466 e. The van der Waals surface area contributed by atoms with Crippen LogP contribution in [0, 0.1) is 0 Å². The van der Waals surface area contributed by atoms with E-state index in [1.807, 2.05) is 6.08 Å². The van der Waals surface area contributed by atoms with Crippen molar-refractivity contribution in [2.45, 2.75) is 410 Å². The molecule has 0 aromatic carbocycles. The number of aliphatic hydroxyl groups is 5. The van der Waals surface area contributed by atoms with Crippen LogP contribution < -0.4 is 5.32 Å². The molecule has 11 heteroatoms. The molecule has 11 nitrogen and oxygen atoms in total. The van der Waals surface area contributed by atoms with E-state index in [2.05, 4.69) is 31.3 Å². The van der Waals surface area contributed by atoms with Gasteiger partial charge < -0.3 is 45.1 Å². The van der Waals surface area contributed by atoms with E-state index in [9.17, 15) is 35.1 Å². The molecule has 6 N–H and O–H groups in total. The number of esters is 1. The highest BCUT2D eigenvalue weighted by molar-refractivity contribution is 5.76. The number of amides is 1. The first-order valence-corrected chi connectivity index (χ1v) is 36.6. The van der Waals surface area contributed by atoms with Crippen LogP contribution >= 0.6 is 0 Å². The van der Waals surface area contributed by atoms with Crippen LogP contribution in [0.4, 0.5) is 0 Å². The highest BCUT2D eigenvalue weighted by atomic mass is 16.7. The third-order valence-corrected chi connectivity index (χ3v) is 17.6. The molecule has 496 valence electrons. The van der Waals surface area contributed by atoms with Crippen LogP contribution in [0.3, 0.4) is 0 Å².